The second-order valence-electron chi connectivity index (χ2n) is 5.96. The number of carbonyl (C=O) groups is 1. The van der Waals surface area contributed by atoms with Gasteiger partial charge in [0, 0.05) is 6.42 Å². The Morgan fingerprint density at radius 2 is 1.05 bits per heavy atom. The van der Waals surface area contributed by atoms with E-state index < -0.39 is 5.97 Å². The lowest BCUT2D eigenvalue weighted by atomic mass is 10.1. The molecule has 5 N–H and O–H groups in total. The highest BCUT2D eigenvalue weighted by molar-refractivity contribution is 5.66. The Bertz CT molecular complexity index is 205. The fourth-order valence-electron chi connectivity index (χ4n) is 2.23. The molecular formula is C18H40N2O2. The Morgan fingerprint density at radius 3 is 1.41 bits per heavy atom. The SMILES string of the molecule is CCCCCCCCCCCC(=O)O.NCCCCCCN. The second kappa shape index (κ2) is 22.7. The standard InChI is InChI=1S/C12H24O2.C6H16N2/c1-2-3-4-5-6-7-8-9-10-11-12(13)14;7-5-3-1-2-4-6-8/h2-11H2,1H3,(H,13,14);1-8H2. The van der Waals surface area contributed by atoms with Crippen LogP contribution in [0.15, 0.2) is 0 Å². The van der Waals surface area contributed by atoms with E-state index in [1.807, 2.05) is 0 Å². The lowest BCUT2D eigenvalue weighted by Crippen LogP contribution is -2.00. The number of hydrogen-bond acceptors (Lipinski definition) is 3. The minimum absolute atomic E-state index is 0.343. The van der Waals surface area contributed by atoms with Gasteiger partial charge >= 0.3 is 5.97 Å². The third kappa shape index (κ3) is 27.7. The molecule has 0 unspecified atom stereocenters. The van der Waals surface area contributed by atoms with Crippen molar-refractivity contribution >= 4 is 5.97 Å². The molecule has 0 bridgehead atoms. The number of aliphatic carboxylic acids is 1. The van der Waals surface area contributed by atoms with E-state index in [2.05, 4.69) is 6.92 Å². The Balaban J connectivity index is 0. The van der Waals surface area contributed by atoms with Crippen molar-refractivity contribution in [1.82, 2.24) is 0 Å². The molecule has 4 nitrogen and oxygen atoms in total. The summed E-state index contributed by atoms with van der Waals surface area (Å²) in [4.78, 5) is 10.2. The molecule has 22 heavy (non-hydrogen) atoms. The summed E-state index contributed by atoms with van der Waals surface area (Å²) in [6.07, 6.45) is 16.3. The summed E-state index contributed by atoms with van der Waals surface area (Å²) >= 11 is 0. The van der Waals surface area contributed by atoms with E-state index in [1.165, 1.54) is 57.8 Å². The van der Waals surface area contributed by atoms with Crippen LogP contribution in [-0.4, -0.2) is 24.2 Å². The summed E-state index contributed by atoms with van der Waals surface area (Å²) in [7, 11) is 0. The average molecular weight is 317 g/mol. The zero-order chi connectivity index (χ0) is 16.9. The van der Waals surface area contributed by atoms with Gasteiger partial charge in [-0.25, -0.2) is 0 Å². The first-order valence-electron chi connectivity index (χ1n) is 9.30. The maximum atomic E-state index is 10.2. The molecule has 0 saturated carbocycles. The molecule has 0 aliphatic heterocycles. The van der Waals surface area contributed by atoms with Crippen LogP contribution < -0.4 is 11.5 Å². The molecule has 4 heteroatoms. The van der Waals surface area contributed by atoms with Crippen LogP contribution in [0.1, 0.15) is 96.8 Å². The fraction of sp³-hybridized carbons (Fsp3) is 0.944. The summed E-state index contributed by atoms with van der Waals surface area (Å²) in [6, 6.07) is 0. The number of carboxylic acid groups (broad SMARTS) is 1. The number of nitrogens with two attached hydrogens (primary N) is 2. The van der Waals surface area contributed by atoms with Crippen molar-refractivity contribution in [2.24, 2.45) is 11.5 Å². The molecule has 0 radical (unpaired) electrons. The Kier molecular flexibility index (Phi) is 24.4. The number of hydrogen-bond donors (Lipinski definition) is 3. The largest absolute Gasteiger partial charge is 0.481 e. The number of carboxylic acids is 1. The summed E-state index contributed by atoms with van der Waals surface area (Å²) in [6.45, 7) is 3.88. The van der Waals surface area contributed by atoms with E-state index in [9.17, 15) is 4.79 Å². The lowest BCUT2D eigenvalue weighted by molar-refractivity contribution is -0.137. The highest BCUT2D eigenvalue weighted by Gasteiger charge is 1.96. The van der Waals surface area contributed by atoms with Crippen LogP contribution in [-0.2, 0) is 4.79 Å². The van der Waals surface area contributed by atoms with Gasteiger partial charge < -0.3 is 16.6 Å². The zero-order valence-electron chi connectivity index (χ0n) is 14.8. The maximum absolute atomic E-state index is 10.2. The molecule has 0 heterocycles. The van der Waals surface area contributed by atoms with Gasteiger partial charge in [0.1, 0.15) is 0 Å². The van der Waals surface area contributed by atoms with E-state index >= 15 is 0 Å². The van der Waals surface area contributed by atoms with Gasteiger partial charge in [-0.15, -0.1) is 0 Å². The maximum Gasteiger partial charge on any atom is 0.303 e. The lowest BCUT2D eigenvalue weighted by Gasteiger charge is -2.00. The van der Waals surface area contributed by atoms with E-state index in [-0.39, 0.29) is 0 Å². The Morgan fingerprint density at radius 1 is 0.682 bits per heavy atom. The van der Waals surface area contributed by atoms with Gasteiger partial charge in [0.25, 0.3) is 0 Å². The highest BCUT2D eigenvalue weighted by Crippen LogP contribution is 2.10. The monoisotopic (exact) mass is 316 g/mol. The van der Waals surface area contributed by atoms with E-state index in [1.54, 1.807) is 0 Å². The van der Waals surface area contributed by atoms with Gasteiger partial charge in [0.2, 0.25) is 0 Å². The third-order valence-corrected chi connectivity index (χ3v) is 3.65. The van der Waals surface area contributed by atoms with Crippen molar-refractivity contribution in [1.29, 1.82) is 0 Å². The van der Waals surface area contributed by atoms with Crippen molar-refractivity contribution in [3.8, 4) is 0 Å². The van der Waals surface area contributed by atoms with Gasteiger partial charge in [-0.1, -0.05) is 71.1 Å². The van der Waals surface area contributed by atoms with Crippen molar-refractivity contribution in [2.45, 2.75) is 96.8 Å². The molecule has 0 aromatic rings. The third-order valence-electron chi connectivity index (χ3n) is 3.65. The van der Waals surface area contributed by atoms with E-state index in [0.717, 1.165) is 38.8 Å². The van der Waals surface area contributed by atoms with Crippen LogP contribution >= 0.6 is 0 Å². The summed E-state index contributed by atoms with van der Waals surface area (Å²) in [5.41, 5.74) is 10.6. The predicted octanol–water partition coefficient (Wildman–Crippen LogP) is 4.46. The molecule has 134 valence electrons. The second-order valence-corrected chi connectivity index (χ2v) is 5.96. The molecule has 0 rings (SSSR count). The van der Waals surface area contributed by atoms with Crippen LogP contribution in [0.4, 0.5) is 0 Å². The van der Waals surface area contributed by atoms with Gasteiger partial charge in [-0.2, -0.15) is 0 Å². The van der Waals surface area contributed by atoms with Crippen LogP contribution in [0, 0.1) is 0 Å². The first-order chi connectivity index (χ1) is 10.7. The molecule has 0 atom stereocenters. The Labute approximate surface area is 138 Å². The normalized spacial score (nSPS) is 10.1. The minimum atomic E-state index is -0.659. The number of unbranched alkanes of at least 4 members (excludes halogenated alkanes) is 11. The molecule has 0 aliphatic carbocycles. The summed E-state index contributed by atoms with van der Waals surface area (Å²) in [5, 5.41) is 8.41. The highest BCUT2D eigenvalue weighted by atomic mass is 16.4. The first kappa shape index (κ1) is 23.7. The minimum Gasteiger partial charge on any atom is -0.481 e. The van der Waals surface area contributed by atoms with E-state index in [0.29, 0.717) is 6.42 Å². The molecule has 0 aromatic carbocycles. The van der Waals surface area contributed by atoms with Gasteiger partial charge in [-0.3, -0.25) is 4.79 Å². The van der Waals surface area contributed by atoms with E-state index in [4.69, 9.17) is 16.6 Å². The average Bonchev–Trinajstić information content (AvgIpc) is 2.50. The smallest absolute Gasteiger partial charge is 0.303 e. The molecule has 0 aromatic heterocycles. The fourth-order valence-corrected chi connectivity index (χ4v) is 2.23. The van der Waals surface area contributed by atoms with Crippen molar-refractivity contribution < 1.29 is 9.90 Å². The van der Waals surface area contributed by atoms with Crippen LogP contribution in [0.25, 0.3) is 0 Å². The van der Waals surface area contributed by atoms with Gasteiger partial charge in [0.15, 0.2) is 0 Å². The number of rotatable bonds is 15. The summed E-state index contributed by atoms with van der Waals surface area (Å²) < 4.78 is 0. The predicted molar refractivity (Wildman–Crippen MR) is 96.1 cm³/mol. The molecule has 0 aliphatic rings. The molecular weight excluding hydrogens is 276 g/mol. The van der Waals surface area contributed by atoms with Crippen molar-refractivity contribution in [3.05, 3.63) is 0 Å². The topological polar surface area (TPSA) is 89.3 Å². The van der Waals surface area contributed by atoms with Gasteiger partial charge in [-0.05, 0) is 32.4 Å². The van der Waals surface area contributed by atoms with Crippen molar-refractivity contribution in [3.63, 3.8) is 0 Å². The molecule has 0 fully saturated rings. The first-order valence-corrected chi connectivity index (χ1v) is 9.30. The van der Waals surface area contributed by atoms with Crippen LogP contribution in [0.2, 0.25) is 0 Å². The summed E-state index contributed by atoms with van der Waals surface area (Å²) in [5.74, 6) is -0.659. The molecule has 0 spiro atoms. The molecule has 0 saturated heterocycles. The molecule has 0 amide bonds. The van der Waals surface area contributed by atoms with Crippen molar-refractivity contribution in [2.75, 3.05) is 13.1 Å². The van der Waals surface area contributed by atoms with Gasteiger partial charge in [0.05, 0.1) is 0 Å². The zero-order valence-corrected chi connectivity index (χ0v) is 14.8. The van der Waals surface area contributed by atoms with Crippen LogP contribution in [0.3, 0.4) is 0 Å². The Hall–Kier alpha value is -0.610. The quantitative estimate of drug-likeness (QED) is 0.389. The van der Waals surface area contributed by atoms with Crippen LogP contribution in [0.5, 0.6) is 0 Å².